The summed E-state index contributed by atoms with van der Waals surface area (Å²) in [5, 5.41) is 4.55. The average Bonchev–Trinajstić information content (AvgIpc) is 3.03. The summed E-state index contributed by atoms with van der Waals surface area (Å²) in [4.78, 5) is 15.2. The molecule has 1 N–H and O–H groups in total. The van der Waals surface area contributed by atoms with Crippen molar-refractivity contribution in [1.29, 1.82) is 0 Å². The summed E-state index contributed by atoms with van der Waals surface area (Å²) >= 11 is 12.2. The van der Waals surface area contributed by atoms with Gasteiger partial charge in [-0.3, -0.25) is 4.79 Å². The third kappa shape index (κ3) is 3.16. The maximum absolute atomic E-state index is 13.1. The molecule has 1 saturated carbocycles. The topological polar surface area (TPSA) is 32.3 Å². The Morgan fingerprint density at radius 2 is 1.96 bits per heavy atom. The molecule has 0 radical (unpaired) electrons. The molecule has 0 aromatic heterocycles. The second-order valence-electron chi connectivity index (χ2n) is 7.23. The van der Waals surface area contributed by atoms with E-state index in [9.17, 15) is 4.79 Å². The second kappa shape index (κ2) is 7.03. The fourth-order valence-electron chi connectivity index (χ4n) is 4.47. The maximum atomic E-state index is 13.1. The summed E-state index contributed by atoms with van der Waals surface area (Å²) in [6, 6.07) is 5.94. The Hall–Kier alpha value is -0.480. The number of piperidine rings is 1. The number of halogens is 3. The molecule has 2 saturated heterocycles. The minimum absolute atomic E-state index is 0. The van der Waals surface area contributed by atoms with E-state index < -0.39 is 0 Å². The summed E-state index contributed by atoms with van der Waals surface area (Å²) in [6.07, 6.45) is 5.46. The molecule has 2 unspecified atom stereocenters. The quantitative estimate of drug-likeness (QED) is 0.809. The van der Waals surface area contributed by atoms with E-state index in [2.05, 4.69) is 10.2 Å². The minimum atomic E-state index is 0. The fraction of sp³-hybridized carbons (Fsp3) is 0.611. The molecule has 3 aliphatic rings. The van der Waals surface area contributed by atoms with Crippen LogP contribution in [-0.2, 0) is 4.79 Å². The Morgan fingerprint density at radius 3 is 2.67 bits per heavy atom. The van der Waals surface area contributed by atoms with Crippen molar-refractivity contribution < 1.29 is 4.79 Å². The van der Waals surface area contributed by atoms with Gasteiger partial charge in [0.25, 0.3) is 0 Å². The number of hydrogen-bond acceptors (Lipinski definition) is 2. The third-order valence-electron chi connectivity index (χ3n) is 5.95. The molecule has 6 heteroatoms. The van der Waals surface area contributed by atoms with Gasteiger partial charge in [-0.2, -0.15) is 0 Å². The fourth-order valence-corrected chi connectivity index (χ4v) is 4.78. The van der Waals surface area contributed by atoms with E-state index in [-0.39, 0.29) is 24.4 Å². The van der Waals surface area contributed by atoms with Gasteiger partial charge in [-0.15, -0.1) is 12.4 Å². The molecule has 1 spiro atoms. The SMILES string of the molecule is Cl.O=C(C1CC12CCNCC2)N1CCCC1c1ccc(Cl)c(Cl)c1. The zero-order valence-corrected chi connectivity index (χ0v) is 15.9. The number of amides is 1. The van der Waals surface area contributed by atoms with Crippen LogP contribution >= 0.6 is 35.6 Å². The predicted molar refractivity (Wildman–Crippen MR) is 100 cm³/mol. The summed E-state index contributed by atoms with van der Waals surface area (Å²) in [6.45, 7) is 2.98. The molecule has 24 heavy (non-hydrogen) atoms. The number of rotatable bonds is 2. The molecule has 132 valence electrons. The van der Waals surface area contributed by atoms with Crippen molar-refractivity contribution in [2.45, 2.75) is 38.1 Å². The molecule has 2 aliphatic heterocycles. The number of nitrogens with one attached hydrogen (secondary N) is 1. The van der Waals surface area contributed by atoms with Gasteiger partial charge in [0.1, 0.15) is 0 Å². The lowest BCUT2D eigenvalue weighted by Gasteiger charge is -2.28. The molecule has 2 atom stereocenters. The molecule has 2 heterocycles. The number of carbonyl (C=O) groups is 1. The minimum Gasteiger partial charge on any atom is -0.335 e. The highest BCUT2D eigenvalue weighted by molar-refractivity contribution is 6.42. The summed E-state index contributed by atoms with van der Waals surface area (Å²) in [5.41, 5.74) is 1.41. The Balaban J connectivity index is 0.00000169. The standard InChI is InChI=1S/C18H22Cl2N2O.ClH/c19-14-4-3-12(10-15(14)20)16-2-1-9-22(16)17(23)13-11-18(13)5-7-21-8-6-18;/h3-4,10,13,16,21H,1-2,5-9,11H2;1H. The lowest BCUT2D eigenvalue weighted by molar-refractivity contribution is -0.134. The van der Waals surface area contributed by atoms with Crippen molar-refractivity contribution in [3.63, 3.8) is 0 Å². The van der Waals surface area contributed by atoms with Crippen LogP contribution in [0.15, 0.2) is 18.2 Å². The largest absolute Gasteiger partial charge is 0.335 e. The van der Waals surface area contributed by atoms with Gasteiger partial charge in [0.05, 0.1) is 16.1 Å². The number of carbonyl (C=O) groups excluding carboxylic acids is 1. The Kier molecular flexibility index (Phi) is 5.36. The van der Waals surface area contributed by atoms with Gasteiger partial charge in [0.2, 0.25) is 5.91 Å². The van der Waals surface area contributed by atoms with Gasteiger partial charge in [0.15, 0.2) is 0 Å². The number of hydrogen-bond donors (Lipinski definition) is 1. The molecule has 3 nitrogen and oxygen atoms in total. The normalized spacial score (nSPS) is 27.8. The second-order valence-corrected chi connectivity index (χ2v) is 8.05. The zero-order valence-electron chi connectivity index (χ0n) is 13.6. The van der Waals surface area contributed by atoms with Gasteiger partial charge < -0.3 is 10.2 Å². The molecular weight excluding hydrogens is 367 g/mol. The van der Waals surface area contributed by atoms with E-state index in [1.165, 1.54) is 0 Å². The van der Waals surface area contributed by atoms with E-state index in [4.69, 9.17) is 23.2 Å². The summed E-state index contributed by atoms with van der Waals surface area (Å²) in [7, 11) is 0. The Morgan fingerprint density at radius 1 is 1.21 bits per heavy atom. The summed E-state index contributed by atoms with van der Waals surface area (Å²) in [5.74, 6) is 0.605. The van der Waals surface area contributed by atoms with Crippen molar-refractivity contribution in [3.05, 3.63) is 33.8 Å². The van der Waals surface area contributed by atoms with Gasteiger partial charge in [-0.05, 0) is 68.3 Å². The monoisotopic (exact) mass is 388 g/mol. The molecule has 1 amide bonds. The van der Waals surface area contributed by atoms with Gasteiger partial charge in [-0.25, -0.2) is 0 Å². The molecule has 4 rings (SSSR count). The van der Waals surface area contributed by atoms with Crippen LogP contribution in [-0.4, -0.2) is 30.4 Å². The smallest absolute Gasteiger partial charge is 0.226 e. The van der Waals surface area contributed by atoms with Crippen molar-refractivity contribution in [2.24, 2.45) is 11.3 Å². The highest BCUT2D eigenvalue weighted by Gasteiger charge is 2.59. The first-order valence-corrected chi connectivity index (χ1v) is 9.32. The summed E-state index contributed by atoms with van der Waals surface area (Å²) < 4.78 is 0. The van der Waals surface area contributed by atoms with Crippen LogP contribution in [0.3, 0.4) is 0 Å². The Labute approximate surface area is 159 Å². The van der Waals surface area contributed by atoms with E-state index >= 15 is 0 Å². The lowest BCUT2D eigenvalue weighted by Crippen LogP contribution is -2.36. The van der Waals surface area contributed by atoms with E-state index in [1.54, 1.807) is 0 Å². The first-order chi connectivity index (χ1) is 11.1. The lowest BCUT2D eigenvalue weighted by atomic mass is 9.91. The average molecular weight is 390 g/mol. The number of nitrogens with zero attached hydrogens (tertiary/aromatic N) is 1. The van der Waals surface area contributed by atoms with Crippen molar-refractivity contribution in [2.75, 3.05) is 19.6 Å². The van der Waals surface area contributed by atoms with Crippen LogP contribution in [0.5, 0.6) is 0 Å². The molecule has 3 fully saturated rings. The predicted octanol–water partition coefficient (Wildman–Crippen LogP) is 4.47. The van der Waals surface area contributed by atoms with Crippen molar-refractivity contribution in [3.8, 4) is 0 Å². The van der Waals surface area contributed by atoms with Crippen molar-refractivity contribution >= 4 is 41.5 Å². The number of likely N-dealkylation sites (tertiary alicyclic amines) is 1. The molecular formula is C18H23Cl3N2O. The van der Waals surface area contributed by atoms with E-state index in [0.717, 1.165) is 57.3 Å². The third-order valence-corrected chi connectivity index (χ3v) is 6.69. The van der Waals surface area contributed by atoms with Gasteiger partial charge in [-0.1, -0.05) is 29.3 Å². The number of benzene rings is 1. The first-order valence-electron chi connectivity index (χ1n) is 8.57. The molecule has 1 aromatic rings. The molecule has 0 bridgehead atoms. The highest BCUT2D eigenvalue weighted by Crippen LogP contribution is 2.60. The van der Waals surface area contributed by atoms with E-state index in [0.29, 0.717) is 21.4 Å². The first kappa shape index (κ1) is 18.3. The van der Waals surface area contributed by atoms with Crippen LogP contribution < -0.4 is 5.32 Å². The van der Waals surface area contributed by atoms with Gasteiger partial charge in [0, 0.05) is 12.5 Å². The zero-order chi connectivity index (χ0) is 16.0. The van der Waals surface area contributed by atoms with Crippen LogP contribution in [0.25, 0.3) is 0 Å². The van der Waals surface area contributed by atoms with Crippen LogP contribution in [0.4, 0.5) is 0 Å². The van der Waals surface area contributed by atoms with E-state index in [1.807, 2.05) is 18.2 Å². The highest BCUT2D eigenvalue weighted by atomic mass is 35.5. The van der Waals surface area contributed by atoms with Crippen molar-refractivity contribution in [1.82, 2.24) is 10.2 Å². The van der Waals surface area contributed by atoms with Crippen LogP contribution in [0.1, 0.15) is 43.7 Å². The van der Waals surface area contributed by atoms with Crippen LogP contribution in [0, 0.1) is 11.3 Å². The molecule has 1 aliphatic carbocycles. The van der Waals surface area contributed by atoms with Crippen LogP contribution in [0.2, 0.25) is 10.0 Å². The molecule has 1 aromatic carbocycles. The maximum Gasteiger partial charge on any atom is 0.226 e. The van der Waals surface area contributed by atoms with Gasteiger partial charge >= 0.3 is 0 Å². The Bertz CT molecular complexity index is 631.